The summed E-state index contributed by atoms with van der Waals surface area (Å²) in [5.74, 6) is -0.264. The van der Waals surface area contributed by atoms with Crippen LogP contribution in [0.25, 0.3) is 17.0 Å². The van der Waals surface area contributed by atoms with Crippen molar-refractivity contribution < 1.29 is 23.1 Å². The number of aliphatic imine (C=N–C) groups is 1. The summed E-state index contributed by atoms with van der Waals surface area (Å²) in [6, 6.07) is 9.37. The highest BCUT2D eigenvalue weighted by Crippen LogP contribution is 2.36. The molecule has 0 unspecified atom stereocenters. The molecule has 1 amide bonds. The largest absolute Gasteiger partial charge is 0.416 e. The Morgan fingerprint density at radius 3 is 2.57 bits per heavy atom. The first-order valence-electron chi connectivity index (χ1n) is 12.0. The molecule has 0 aliphatic carbocycles. The third-order valence-electron chi connectivity index (χ3n) is 6.49. The average Bonchev–Trinajstić information content (AvgIpc) is 3.41. The second kappa shape index (κ2) is 9.64. The molecule has 3 aromatic rings. The van der Waals surface area contributed by atoms with Gasteiger partial charge in [0.15, 0.2) is 5.17 Å². The van der Waals surface area contributed by atoms with E-state index < -0.39 is 17.3 Å². The van der Waals surface area contributed by atoms with Crippen LogP contribution in [0.3, 0.4) is 0 Å². The molecule has 1 saturated heterocycles. The number of thioether (sulfide) groups is 1. The van der Waals surface area contributed by atoms with Crippen molar-refractivity contribution in [2.24, 2.45) is 4.99 Å². The highest BCUT2D eigenvalue weighted by atomic mass is 32.2. The number of benzene rings is 2. The number of piperidine rings is 1. The Morgan fingerprint density at radius 2 is 1.86 bits per heavy atom. The zero-order valence-corrected chi connectivity index (χ0v) is 21.2. The zero-order chi connectivity index (χ0) is 26.4. The minimum atomic E-state index is -4.57. The van der Waals surface area contributed by atoms with Gasteiger partial charge in [-0.1, -0.05) is 18.2 Å². The van der Waals surface area contributed by atoms with E-state index in [0.29, 0.717) is 10.4 Å². The molecule has 2 aliphatic rings. The van der Waals surface area contributed by atoms with Gasteiger partial charge >= 0.3 is 6.18 Å². The van der Waals surface area contributed by atoms with E-state index in [1.807, 2.05) is 12.1 Å². The smallest absolute Gasteiger partial charge is 0.386 e. The topological polar surface area (TPSA) is 70.7 Å². The van der Waals surface area contributed by atoms with E-state index in [1.165, 1.54) is 42.4 Å². The molecule has 10 heteroatoms. The molecule has 3 heterocycles. The van der Waals surface area contributed by atoms with Crippen LogP contribution < -0.4 is 0 Å². The van der Waals surface area contributed by atoms with Gasteiger partial charge in [0.2, 0.25) is 0 Å². The van der Waals surface area contributed by atoms with Crippen LogP contribution in [0.2, 0.25) is 0 Å². The Balaban J connectivity index is 1.39. The number of hydrogen-bond donors (Lipinski definition) is 1. The van der Waals surface area contributed by atoms with Gasteiger partial charge in [0, 0.05) is 18.5 Å². The van der Waals surface area contributed by atoms with E-state index in [2.05, 4.69) is 21.4 Å². The summed E-state index contributed by atoms with van der Waals surface area (Å²) in [5.41, 5.74) is -0.470. The van der Waals surface area contributed by atoms with Gasteiger partial charge in [0.25, 0.3) is 5.91 Å². The third-order valence-corrected chi connectivity index (χ3v) is 7.54. The van der Waals surface area contributed by atoms with Crippen molar-refractivity contribution >= 4 is 39.8 Å². The molecule has 6 nitrogen and oxygen atoms in total. The van der Waals surface area contributed by atoms with Crippen LogP contribution in [-0.2, 0) is 23.1 Å². The van der Waals surface area contributed by atoms with Crippen LogP contribution in [0.4, 0.5) is 13.2 Å². The number of nitrogens with zero attached hydrogens (tertiary/aromatic N) is 4. The van der Waals surface area contributed by atoms with Gasteiger partial charge < -0.3 is 10.0 Å². The third kappa shape index (κ3) is 5.45. The molecular weight excluding hydrogens is 501 g/mol. The van der Waals surface area contributed by atoms with Crippen molar-refractivity contribution in [3.8, 4) is 0 Å². The molecule has 0 saturated carbocycles. The number of rotatable bonds is 4. The number of carbonyl (C=O) groups excluding carboxylic acids is 1. The summed E-state index contributed by atoms with van der Waals surface area (Å²) >= 11 is 1.37. The SMILES string of the molecule is CC(C)(O)c1ccc(Cn2ncc3cc(/C=C4\SC(N5CC[CH]CC5)=NC4=O)ccc32)c(C(F)(F)F)c1. The van der Waals surface area contributed by atoms with Gasteiger partial charge in [-0.15, -0.1) is 0 Å². The Kier molecular flexibility index (Phi) is 6.66. The van der Waals surface area contributed by atoms with Crippen LogP contribution in [0.1, 0.15) is 48.9 Å². The molecule has 2 aliphatic heterocycles. The maximum absolute atomic E-state index is 13.8. The number of halogens is 3. The quantitative estimate of drug-likeness (QED) is 0.447. The minimum Gasteiger partial charge on any atom is -0.386 e. The van der Waals surface area contributed by atoms with Gasteiger partial charge in [0.05, 0.1) is 34.3 Å². The first-order chi connectivity index (χ1) is 17.5. The fourth-order valence-electron chi connectivity index (χ4n) is 4.47. The maximum Gasteiger partial charge on any atom is 0.416 e. The molecule has 1 fully saturated rings. The zero-order valence-electron chi connectivity index (χ0n) is 20.4. The molecule has 0 bridgehead atoms. The summed E-state index contributed by atoms with van der Waals surface area (Å²) in [4.78, 5) is 19.3. The van der Waals surface area contributed by atoms with Crippen LogP contribution in [0, 0.1) is 6.42 Å². The summed E-state index contributed by atoms with van der Waals surface area (Å²) in [6.07, 6.45) is 3.00. The lowest BCUT2D eigenvalue weighted by Gasteiger charge is -2.27. The number of aliphatic hydroxyl groups is 1. The van der Waals surface area contributed by atoms with E-state index in [1.54, 1.807) is 18.3 Å². The average molecular weight is 528 g/mol. The van der Waals surface area contributed by atoms with Gasteiger partial charge in [-0.25, -0.2) is 0 Å². The number of fused-ring (bicyclic) bond motifs is 1. The van der Waals surface area contributed by atoms with Crippen molar-refractivity contribution in [3.63, 3.8) is 0 Å². The van der Waals surface area contributed by atoms with E-state index in [-0.39, 0.29) is 23.6 Å². The molecule has 5 rings (SSSR count). The molecule has 0 spiro atoms. The lowest BCUT2D eigenvalue weighted by atomic mass is 9.93. The number of carbonyl (C=O) groups is 1. The predicted octanol–water partition coefficient (Wildman–Crippen LogP) is 5.60. The predicted molar refractivity (Wildman–Crippen MR) is 139 cm³/mol. The normalized spacial score (nSPS) is 18.2. The highest BCUT2D eigenvalue weighted by molar-refractivity contribution is 8.18. The van der Waals surface area contributed by atoms with Crippen molar-refractivity contribution in [2.45, 2.75) is 45.0 Å². The van der Waals surface area contributed by atoms with Crippen molar-refractivity contribution in [1.82, 2.24) is 14.7 Å². The van der Waals surface area contributed by atoms with Crippen molar-refractivity contribution in [1.29, 1.82) is 0 Å². The Hall–Kier alpha value is -3.11. The van der Waals surface area contributed by atoms with Crippen LogP contribution in [-0.4, -0.2) is 44.0 Å². The first kappa shape index (κ1) is 25.5. The van der Waals surface area contributed by atoms with E-state index in [9.17, 15) is 23.1 Å². The number of likely N-dealkylation sites (tertiary alicyclic amines) is 1. The highest BCUT2D eigenvalue weighted by Gasteiger charge is 2.35. The van der Waals surface area contributed by atoms with Gasteiger partial charge in [-0.2, -0.15) is 23.3 Å². The fourth-order valence-corrected chi connectivity index (χ4v) is 5.43. The maximum atomic E-state index is 13.8. The summed E-state index contributed by atoms with van der Waals surface area (Å²) < 4.78 is 43.0. The molecule has 2 aromatic carbocycles. The van der Waals surface area contributed by atoms with Gasteiger partial charge in [-0.3, -0.25) is 9.48 Å². The van der Waals surface area contributed by atoms with Gasteiger partial charge in [0.1, 0.15) is 0 Å². The summed E-state index contributed by atoms with van der Waals surface area (Å²) in [7, 11) is 0. The van der Waals surface area contributed by atoms with E-state index in [0.717, 1.165) is 48.1 Å². The molecule has 1 radical (unpaired) electrons. The molecule has 193 valence electrons. The Morgan fingerprint density at radius 1 is 1.11 bits per heavy atom. The second-order valence-corrected chi connectivity index (χ2v) is 10.7. The minimum absolute atomic E-state index is 0.0598. The van der Waals surface area contributed by atoms with Crippen LogP contribution in [0.15, 0.2) is 52.5 Å². The Labute approximate surface area is 216 Å². The van der Waals surface area contributed by atoms with Crippen LogP contribution >= 0.6 is 11.8 Å². The molecular formula is C27H26F3N4O2S. The molecule has 0 atom stereocenters. The number of amides is 1. The van der Waals surface area contributed by atoms with E-state index in [4.69, 9.17) is 0 Å². The standard InChI is InChI=1S/C27H26F3N4O2S/c1-26(2,36)20-8-7-18(21(14-20)27(28,29)30)16-34-22-9-6-17(12-19(22)15-31-34)13-23-24(35)32-25(37-23)33-10-4-3-5-11-33/h3,6-9,12-15,36H,4-5,10-11,16H2,1-2H3/b23-13-. The number of amidine groups is 1. The summed E-state index contributed by atoms with van der Waals surface area (Å²) in [5, 5.41) is 16.0. The Bertz CT molecular complexity index is 1410. The first-order valence-corrected chi connectivity index (χ1v) is 12.8. The van der Waals surface area contributed by atoms with Crippen LogP contribution in [0.5, 0.6) is 0 Å². The summed E-state index contributed by atoms with van der Waals surface area (Å²) in [6.45, 7) is 4.53. The molecule has 1 N–H and O–H groups in total. The lowest BCUT2D eigenvalue weighted by Crippen LogP contribution is -2.33. The van der Waals surface area contributed by atoms with Crippen molar-refractivity contribution in [3.05, 3.63) is 76.2 Å². The number of alkyl halides is 3. The molecule has 1 aromatic heterocycles. The van der Waals surface area contributed by atoms with Gasteiger partial charge in [-0.05, 0) is 85.8 Å². The fraction of sp³-hybridized carbons (Fsp3) is 0.333. The van der Waals surface area contributed by atoms with Crippen molar-refractivity contribution in [2.75, 3.05) is 13.1 Å². The monoisotopic (exact) mass is 527 g/mol. The number of aromatic nitrogens is 2. The number of hydrogen-bond acceptors (Lipinski definition) is 5. The lowest BCUT2D eigenvalue weighted by molar-refractivity contribution is -0.138. The second-order valence-electron chi connectivity index (χ2n) is 9.71. The molecule has 37 heavy (non-hydrogen) atoms. The van der Waals surface area contributed by atoms with E-state index >= 15 is 0 Å².